The van der Waals surface area contributed by atoms with E-state index in [-0.39, 0.29) is 70.7 Å². The molecule has 6 saturated heterocycles. The number of carbonyl (C=O) groups is 6. The molecule has 0 saturated carbocycles. The van der Waals surface area contributed by atoms with E-state index in [0.29, 0.717) is 0 Å². The summed E-state index contributed by atoms with van der Waals surface area (Å²) in [7, 11) is 3.36. The van der Waals surface area contributed by atoms with Crippen LogP contribution in [0, 0.1) is 0 Å². The maximum Gasteiger partial charge on any atom is 0.326 e. The van der Waals surface area contributed by atoms with Gasteiger partial charge in [-0.3, -0.25) is 49.0 Å². The van der Waals surface area contributed by atoms with Crippen molar-refractivity contribution in [3.63, 3.8) is 0 Å². The van der Waals surface area contributed by atoms with Gasteiger partial charge in [0.05, 0.1) is 0 Å². The number of hydrogen-bond acceptors (Lipinski definition) is 6. The normalized spacial score (nSPS) is 23.1. The molecule has 12 amide bonds. The monoisotopic (exact) mass is 1020 g/mol. The quantitative estimate of drug-likeness (QED) is 0.0972. The van der Waals surface area contributed by atoms with Gasteiger partial charge in [0.2, 0.25) is 0 Å². The predicted octanol–water partition coefficient (Wildman–Crippen LogP) is 7.74. The molecule has 0 aliphatic carbocycles. The molecule has 6 unspecified atom stereocenters. The summed E-state index contributed by atoms with van der Waals surface area (Å²) in [4.78, 5) is 111. The Hall–Kier alpha value is -9.06. The predicted molar refractivity (Wildman–Crippen MR) is 280 cm³/mol. The van der Waals surface area contributed by atoms with Gasteiger partial charge in [-0.25, -0.2) is 28.8 Å². The molecule has 6 aliphatic heterocycles. The molecule has 6 heterocycles. The number of nitrogens with zero attached hydrogens (tertiary/aromatic N) is 12. The van der Waals surface area contributed by atoms with Crippen LogP contribution in [0.2, 0.25) is 0 Å². The minimum atomic E-state index is -0.993. The Morgan fingerprint density at radius 2 is 0.408 bits per heavy atom. The minimum absolute atomic E-state index is 0.122. The summed E-state index contributed by atoms with van der Waals surface area (Å²) < 4.78 is 0. The van der Waals surface area contributed by atoms with Crippen molar-refractivity contribution in [3.8, 4) is 0 Å². The number of carbonyl (C=O) groups excluding carboxylic acids is 6. The highest BCUT2D eigenvalue weighted by molar-refractivity contribution is 5.89. The van der Waals surface area contributed by atoms with Crippen LogP contribution in [0.3, 0.4) is 0 Å². The highest BCUT2D eigenvalue weighted by Gasteiger charge is 2.65. The van der Waals surface area contributed by atoms with Gasteiger partial charge in [-0.05, 0) is 33.4 Å². The largest absolute Gasteiger partial charge is 0.326 e. The summed E-state index contributed by atoms with van der Waals surface area (Å²) in [6.45, 7) is 0.477. The molecule has 18 heteroatoms. The maximum absolute atomic E-state index is 16.0. The van der Waals surface area contributed by atoms with E-state index < -0.39 is 55.1 Å². The van der Waals surface area contributed by atoms with E-state index in [4.69, 9.17) is 0 Å². The molecule has 12 rings (SSSR count). The third-order valence-corrected chi connectivity index (χ3v) is 15.6. The Balaban J connectivity index is 0.949. The zero-order chi connectivity index (χ0) is 52.2. The van der Waals surface area contributed by atoms with E-state index in [1.807, 2.05) is 182 Å². The highest BCUT2D eigenvalue weighted by atomic mass is 16.2. The van der Waals surface area contributed by atoms with E-state index in [1.165, 1.54) is 0 Å². The molecule has 6 atom stereocenters. The number of fused-ring (bicyclic) bond motifs is 3. The summed E-state index contributed by atoms with van der Waals surface area (Å²) in [5.41, 5.74) is 5.15. The number of hydrogen-bond donors (Lipinski definition) is 0. The van der Waals surface area contributed by atoms with Crippen LogP contribution in [-0.4, -0.2) is 159 Å². The van der Waals surface area contributed by atoms with E-state index in [1.54, 1.807) is 72.9 Å². The average Bonchev–Trinajstić information content (AvgIpc) is 4.29. The van der Waals surface area contributed by atoms with Crippen molar-refractivity contribution >= 4 is 36.2 Å². The first kappa shape index (κ1) is 47.9. The van der Waals surface area contributed by atoms with Crippen LogP contribution in [0.15, 0.2) is 182 Å². The van der Waals surface area contributed by atoms with Gasteiger partial charge < -0.3 is 9.80 Å². The number of likely N-dealkylation sites (N-methyl/N-ethyl adjacent to an activating group) is 2. The lowest BCUT2D eigenvalue weighted by atomic mass is 10.2. The van der Waals surface area contributed by atoms with Crippen LogP contribution in [-0.2, 0) is 39.3 Å². The van der Waals surface area contributed by atoms with Crippen LogP contribution < -0.4 is 0 Å². The van der Waals surface area contributed by atoms with Gasteiger partial charge in [-0.2, -0.15) is 0 Å². The lowest BCUT2D eigenvalue weighted by Crippen LogP contribution is -2.56. The third kappa shape index (κ3) is 8.29. The molecule has 386 valence electrons. The van der Waals surface area contributed by atoms with Crippen molar-refractivity contribution < 1.29 is 28.8 Å². The molecule has 18 nitrogen and oxygen atoms in total. The number of benzene rings is 6. The van der Waals surface area contributed by atoms with Crippen LogP contribution in [0.1, 0.15) is 33.4 Å². The lowest BCUT2D eigenvalue weighted by molar-refractivity contribution is 0.0451. The molecule has 0 spiro atoms. The van der Waals surface area contributed by atoms with Crippen molar-refractivity contribution in [1.29, 1.82) is 0 Å². The standard InChI is InChI=1S/C58H58N12O6/c1-59-47-49(63(35-43-25-13-5-14-26-43)55(73)61(47)33-41-21-9-3-10-22-41)67(53(59)71)39-69-51-52(66(38-46-31-19-8-20-32-46)57(75)65(51)37-45-29-17-7-18-30-45)70(58(69)76)40-68-50-48(60(2)54(68)72)62(34-42-23-11-4-12-24-42)56(74)64(50)36-44-27-15-6-16-28-44/h3-32,47-52H,33-40H2,1-2H3. The van der Waals surface area contributed by atoms with E-state index in [9.17, 15) is 9.59 Å². The minimum Gasteiger partial charge on any atom is -0.303 e. The van der Waals surface area contributed by atoms with Crippen molar-refractivity contribution in [2.75, 3.05) is 27.4 Å². The first-order valence-electron chi connectivity index (χ1n) is 25.6. The van der Waals surface area contributed by atoms with E-state index in [0.717, 1.165) is 33.4 Å². The summed E-state index contributed by atoms with van der Waals surface area (Å²) in [5.74, 6) is 0. The summed E-state index contributed by atoms with van der Waals surface area (Å²) in [5, 5.41) is 0. The first-order valence-corrected chi connectivity index (χ1v) is 25.6. The summed E-state index contributed by atoms with van der Waals surface area (Å²) in [6, 6.07) is 55.3. The van der Waals surface area contributed by atoms with Crippen molar-refractivity contribution in [3.05, 3.63) is 215 Å². The third-order valence-electron chi connectivity index (χ3n) is 15.6. The van der Waals surface area contributed by atoms with Gasteiger partial charge in [0, 0.05) is 53.4 Å². The fraction of sp³-hybridized carbons (Fsp3) is 0.276. The molecule has 6 aromatic rings. The van der Waals surface area contributed by atoms with Crippen molar-refractivity contribution in [2.45, 2.75) is 76.3 Å². The molecular weight excluding hydrogens is 961 g/mol. The first-order chi connectivity index (χ1) is 37.0. The molecule has 0 radical (unpaired) electrons. The van der Waals surface area contributed by atoms with Crippen molar-refractivity contribution in [2.24, 2.45) is 0 Å². The van der Waals surface area contributed by atoms with Gasteiger partial charge in [-0.1, -0.05) is 182 Å². The maximum atomic E-state index is 16.0. The average molecular weight is 1020 g/mol. The number of rotatable bonds is 16. The van der Waals surface area contributed by atoms with E-state index >= 15 is 19.2 Å². The molecule has 76 heavy (non-hydrogen) atoms. The molecule has 0 aromatic heterocycles. The summed E-state index contributed by atoms with van der Waals surface area (Å²) >= 11 is 0. The number of urea groups is 6. The molecule has 6 aromatic carbocycles. The van der Waals surface area contributed by atoms with E-state index in [2.05, 4.69) is 0 Å². The van der Waals surface area contributed by atoms with Gasteiger partial charge in [0.15, 0.2) is 24.7 Å². The highest BCUT2D eigenvalue weighted by Crippen LogP contribution is 2.43. The Kier molecular flexibility index (Phi) is 12.4. The van der Waals surface area contributed by atoms with Gasteiger partial charge >= 0.3 is 36.2 Å². The van der Waals surface area contributed by atoms with Gasteiger partial charge in [0.25, 0.3) is 0 Å². The topological polar surface area (TPSA) is 141 Å². The fourth-order valence-electron chi connectivity index (χ4n) is 12.1. The zero-order valence-electron chi connectivity index (χ0n) is 42.3. The van der Waals surface area contributed by atoms with Crippen LogP contribution in [0.5, 0.6) is 0 Å². The van der Waals surface area contributed by atoms with Crippen LogP contribution in [0.25, 0.3) is 0 Å². The van der Waals surface area contributed by atoms with Crippen molar-refractivity contribution in [1.82, 2.24) is 58.8 Å². The summed E-state index contributed by atoms with van der Waals surface area (Å²) in [6.07, 6.45) is -5.16. The van der Waals surface area contributed by atoms with Gasteiger partial charge in [-0.15, -0.1) is 0 Å². The second-order valence-corrected chi connectivity index (χ2v) is 20.2. The molecule has 6 aliphatic rings. The van der Waals surface area contributed by atoms with Crippen LogP contribution in [0.4, 0.5) is 28.8 Å². The Labute approximate surface area is 441 Å². The molecule has 0 N–H and O–H groups in total. The smallest absolute Gasteiger partial charge is 0.303 e. The lowest BCUT2D eigenvalue weighted by Gasteiger charge is -2.36. The van der Waals surface area contributed by atoms with Gasteiger partial charge in [0.1, 0.15) is 25.7 Å². The molecular formula is C58H58N12O6. The SMILES string of the molecule is CN1C(=O)N(CN2C(=O)N(CN3C(=O)N(C)C4C3N(Cc3ccccc3)C(=O)N4Cc3ccccc3)C3C2N(Cc2ccccc2)C(=O)N3Cc2ccccc2)C2C1N(Cc1ccccc1)C(=O)N2Cc1ccccc1. The molecule has 0 bridgehead atoms. The fourth-order valence-corrected chi connectivity index (χ4v) is 12.1. The Morgan fingerprint density at radius 1 is 0.237 bits per heavy atom. The second kappa shape index (κ2) is 19.7. The Bertz CT molecular complexity index is 2920. The second-order valence-electron chi connectivity index (χ2n) is 20.2. The van der Waals surface area contributed by atoms with Crippen LogP contribution >= 0.6 is 0 Å². The zero-order valence-corrected chi connectivity index (χ0v) is 42.3. The molecule has 6 fully saturated rings. The Morgan fingerprint density at radius 3 is 0.632 bits per heavy atom. The number of amides is 12.